The summed E-state index contributed by atoms with van der Waals surface area (Å²) in [6.45, 7) is 1.24. The summed E-state index contributed by atoms with van der Waals surface area (Å²) in [5.41, 5.74) is 4.47. The van der Waals surface area contributed by atoms with Gasteiger partial charge < -0.3 is 76.2 Å². The van der Waals surface area contributed by atoms with E-state index in [1.165, 1.54) is 36.4 Å². The molecule has 9 aromatic rings. The molecule has 15 atom stereocenters. The lowest BCUT2D eigenvalue weighted by Crippen LogP contribution is -2.68. The highest BCUT2D eigenvalue weighted by atomic mass is 16.8. The van der Waals surface area contributed by atoms with Gasteiger partial charge in [0.05, 0.1) is 75.1 Å². The second kappa shape index (κ2) is 36.2. The zero-order chi connectivity index (χ0) is 70.4. The predicted molar refractivity (Wildman–Crippen MR) is 370 cm³/mol. The molecule has 1 N–H and O–H groups in total. The van der Waals surface area contributed by atoms with Crippen molar-refractivity contribution in [2.24, 2.45) is 0 Å². The monoisotopic (exact) mass is 1380 g/mol. The minimum absolute atomic E-state index is 0.00843. The summed E-state index contributed by atoms with van der Waals surface area (Å²) in [6.07, 6.45) is -22.1. The first kappa shape index (κ1) is 72.0. The summed E-state index contributed by atoms with van der Waals surface area (Å²) in [7, 11) is 1.56. The number of hydrogen-bond acceptors (Lipinski definition) is 20. The fourth-order valence-corrected chi connectivity index (χ4v) is 12.2. The van der Waals surface area contributed by atoms with E-state index < -0.39 is 123 Å². The fourth-order valence-electron chi connectivity index (χ4n) is 12.2. The van der Waals surface area contributed by atoms with Crippen molar-refractivity contribution in [2.75, 3.05) is 20.3 Å². The Bertz CT molecular complexity index is 4020. The molecule has 3 aliphatic rings. The summed E-state index contributed by atoms with van der Waals surface area (Å²) < 4.78 is 101. The maximum absolute atomic E-state index is 14.9. The average Bonchev–Trinajstić information content (AvgIpc) is 0.768. The number of aliphatic hydroxyl groups excluding tert-OH is 1. The van der Waals surface area contributed by atoms with Crippen LogP contribution in [0.3, 0.4) is 0 Å². The normalized spacial score (nSPS) is 24.7. The highest BCUT2D eigenvalue weighted by Crippen LogP contribution is 2.39. The summed E-state index contributed by atoms with van der Waals surface area (Å²) in [5.74, 6) is -2.98. The van der Waals surface area contributed by atoms with Crippen LogP contribution < -0.4 is 4.74 Å². The van der Waals surface area contributed by atoms with Crippen LogP contribution in [-0.4, -0.2) is 141 Å². The summed E-state index contributed by atoms with van der Waals surface area (Å²) in [5, 5.41) is 12.9. The van der Waals surface area contributed by atoms with Gasteiger partial charge in [-0.25, -0.2) is 19.2 Å². The largest absolute Gasteiger partial charge is 0.497 e. The van der Waals surface area contributed by atoms with Crippen LogP contribution in [0.4, 0.5) is 0 Å². The van der Waals surface area contributed by atoms with Crippen LogP contribution in [0.25, 0.3) is 0 Å². The SMILES string of the molecule is COc1ccc(CO[C@@H]2[C@@H](O[C@@H]3O[C@H](COC(=O)c4ccccc4)[C@H](OC(=O)c4ccccc4)[C@H](OC(=O)c4ccccc4)[C@H]3OC(=O)c3ccccc3)[C@@H](O[C@H]3O[C@H](COCc4ccccc4)[C@H](OCc4ccccc4)[C@H](OCc4ccccc4)[C@H]3OCc3ccccc3)[C@H](O)O[C@H]2C)cc1. The number of rotatable bonds is 30. The molecule has 0 bridgehead atoms. The molecule has 0 spiro atoms. The van der Waals surface area contributed by atoms with Crippen molar-refractivity contribution in [3.8, 4) is 5.75 Å². The summed E-state index contributed by atoms with van der Waals surface area (Å²) >= 11 is 0. The van der Waals surface area contributed by atoms with Crippen molar-refractivity contribution in [3.05, 3.63) is 317 Å². The van der Waals surface area contributed by atoms with Gasteiger partial charge in [-0.05, 0) is 95.4 Å². The number of ether oxygens (including phenoxy) is 15. The molecule has 102 heavy (non-hydrogen) atoms. The zero-order valence-corrected chi connectivity index (χ0v) is 56.2. The molecule has 9 aromatic carbocycles. The lowest BCUT2D eigenvalue weighted by molar-refractivity contribution is -0.393. The van der Waals surface area contributed by atoms with E-state index >= 15 is 0 Å². The number of esters is 4. The van der Waals surface area contributed by atoms with Crippen molar-refractivity contribution in [3.63, 3.8) is 0 Å². The third kappa shape index (κ3) is 19.2. The zero-order valence-electron chi connectivity index (χ0n) is 56.2. The van der Waals surface area contributed by atoms with Gasteiger partial charge in [0.25, 0.3) is 0 Å². The molecule has 0 amide bonds. The Morgan fingerprint density at radius 3 is 1.15 bits per heavy atom. The fraction of sp³-hybridized carbons (Fsp3) is 0.293. The molecule has 0 saturated carbocycles. The second-order valence-corrected chi connectivity index (χ2v) is 24.6. The molecule has 3 fully saturated rings. The molecule has 0 unspecified atom stereocenters. The highest BCUT2D eigenvalue weighted by Gasteiger charge is 2.58. The molecule has 0 aliphatic carbocycles. The lowest BCUT2D eigenvalue weighted by atomic mass is 9.95. The number of carbonyl (C=O) groups is 4. The molecule has 12 rings (SSSR count). The van der Waals surface area contributed by atoms with E-state index in [0.29, 0.717) is 11.3 Å². The molecule has 3 heterocycles. The number of hydrogen-bond donors (Lipinski definition) is 1. The minimum Gasteiger partial charge on any atom is -0.497 e. The number of aliphatic hydroxyl groups is 1. The van der Waals surface area contributed by atoms with E-state index in [2.05, 4.69) is 0 Å². The van der Waals surface area contributed by atoms with Crippen LogP contribution in [0.15, 0.2) is 267 Å². The van der Waals surface area contributed by atoms with E-state index in [1.807, 2.05) is 133 Å². The van der Waals surface area contributed by atoms with E-state index in [0.717, 1.165) is 22.3 Å². The van der Waals surface area contributed by atoms with Crippen LogP contribution in [0.5, 0.6) is 5.75 Å². The first-order chi connectivity index (χ1) is 50.0. The Labute approximate surface area is 591 Å². The molecular weight excluding hydrogens is 1300 g/mol. The topological polar surface area (TPSA) is 227 Å². The molecular formula is C82H80O20. The van der Waals surface area contributed by atoms with E-state index in [1.54, 1.807) is 111 Å². The predicted octanol–water partition coefficient (Wildman–Crippen LogP) is 12.0. The standard InChI is InChI=1S/C82H80O20/c1-54-67(90-51-59-43-45-64(88-2)46-44-59)71(101-82-75(100-79(86)63-41-25-10-26-42-63)72(99-78(85)62-39-23-9-24-40-62)69(98-77(84)61-37-21-8-22-38-61)66(97-82)53-94-76(83)60-35-19-7-20-36-60)73(80(87)95-54)102-81-74(93-50-58-33-17-6-18-34-58)70(92-49-57-31-15-5-16-32-57)68(91-48-56-29-13-4-14-30-56)65(96-81)52-89-47-55-27-11-3-12-28-55/h3-46,54,65-75,80-82,87H,47-53H2,1-2H3/t54-,65+,66+,67-,68-,69-,70-,71+,72-,73+,74+,75+,80+,81+,82-/m0/s1. The molecule has 0 radical (unpaired) electrons. The van der Waals surface area contributed by atoms with Crippen LogP contribution >= 0.6 is 0 Å². The Hall–Kier alpha value is -9.78. The van der Waals surface area contributed by atoms with Gasteiger partial charge in [0.2, 0.25) is 0 Å². The quantitative estimate of drug-likeness (QED) is 0.0326. The van der Waals surface area contributed by atoms with Crippen molar-refractivity contribution in [1.82, 2.24) is 0 Å². The molecule has 0 aromatic heterocycles. The van der Waals surface area contributed by atoms with Gasteiger partial charge >= 0.3 is 23.9 Å². The van der Waals surface area contributed by atoms with Crippen LogP contribution in [0, 0.1) is 0 Å². The van der Waals surface area contributed by atoms with Crippen molar-refractivity contribution in [1.29, 1.82) is 0 Å². The van der Waals surface area contributed by atoms with Crippen molar-refractivity contribution >= 4 is 23.9 Å². The van der Waals surface area contributed by atoms with E-state index in [-0.39, 0.29) is 61.9 Å². The van der Waals surface area contributed by atoms with Gasteiger partial charge in [0.1, 0.15) is 61.2 Å². The van der Waals surface area contributed by atoms with Gasteiger partial charge in [0.15, 0.2) is 37.2 Å². The van der Waals surface area contributed by atoms with Crippen molar-refractivity contribution in [2.45, 2.75) is 132 Å². The van der Waals surface area contributed by atoms with Gasteiger partial charge in [-0.2, -0.15) is 0 Å². The number of carbonyl (C=O) groups excluding carboxylic acids is 4. The van der Waals surface area contributed by atoms with Gasteiger partial charge in [-0.3, -0.25) is 0 Å². The maximum atomic E-state index is 14.9. The summed E-state index contributed by atoms with van der Waals surface area (Å²) in [4.78, 5) is 58.5. The van der Waals surface area contributed by atoms with Crippen LogP contribution in [0.2, 0.25) is 0 Å². The third-order valence-corrected chi connectivity index (χ3v) is 17.5. The van der Waals surface area contributed by atoms with Gasteiger partial charge in [0, 0.05) is 0 Å². The Balaban J connectivity index is 0.987. The lowest BCUT2D eigenvalue weighted by Gasteiger charge is -2.50. The number of methoxy groups -OCH3 is 1. The minimum atomic E-state index is -1.94. The van der Waals surface area contributed by atoms with Gasteiger partial charge in [-0.1, -0.05) is 206 Å². The Morgan fingerprint density at radius 1 is 0.333 bits per heavy atom. The third-order valence-electron chi connectivity index (χ3n) is 17.5. The average molecular weight is 1390 g/mol. The van der Waals surface area contributed by atoms with Crippen LogP contribution in [0.1, 0.15) is 76.2 Å². The molecule has 528 valence electrons. The van der Waals surface area contributed by atoms with Gasteiger partial charge in [-0.15, -0.1) is 0 Å². The molecule has 20 nitrogen and oxygen atoms in total. The second-order valence-electron chi connectivity index (χ2n) is 24.6. The molecule has 3 aliphatic heterocycles. The smallest absolute Gasteiger partial charge is 0.338 e. The first-order valence-electron chi connectivity index (χ1n) is 33.8. The molecule has 20 heteroatoms. The highest BCUT2D eigenvalue weighted by molar-refractivity contribution is 5.91. The van der Waals surface area contributed by atoms with E-state index in [4.69, 9.17) is 71.1 Å². The Kier molecular flexibility index (Phi) is 25.6. The van der Waals surface area contributed by atoms with Crippen LogP contribution in [-0.2, 0) is 99.4 Å². The van der Waals surface area contributed by atoms with Crippen molar-refractivity contribution < 1.29 is 95.3 Å². The molecule has 3 saturated heterocycles. The summed E-state index contributed by atoms with van der Waals surface area (Å²) in [6, 6.07) is 77.8. The number of benzene rings is 9. The van der Waals surface area contributed by atoms with E-state index in [9.17, 15) is 24.3 Å². The first-order valence-corrected chi connectivity index (χ1v) is 33.8. The Morgan fingerprint density at radius 2 is 0.686 bits per heavy atom. The maximum Gasteiger partial charge on any atom is 0.338 e.